The molecule has 2 N–H and O–H groups in total. The van der Waals surface area contributed by atoms with Crippen LogP contribution in [-0.4, -0.2) is 73.9 Å². The summed E-state index contributed by atoms with van der Waals surface area (Å²) in [6.07, 6.45) is -0.548. The number of rotatable bonds is 9. The van der Waals surface area contributed by atoms with Crippen molar-refractivity contribution in [2.24, 2.45) is 0 Å². The van der Waals surface area contributed by atoms with Crippen molar-refractivity contribution in [3.63, 3.8) is 0 Å². The fourth-order valence-electron chi connectivity index (χ4n) is 1.10. The van der Waals surface area contributed by atoms with Gasteiger partial charge in [0, 0.05) is 19.2 Å². The number of aliphatic hydroxyl groups is 2. The minimum Gasteiger partial charge on any atom is -0.394 e. The summed E-state index contributed by atoms with van der Waals surface area (Å²) in [5, 5.41) is 18.8. The molecule has 5 nitrogen and oxygen atoms in total. The summed E-state index contributed by atoms with van der Waals surface area (Å²) in [6.45, 7) is 5.68. The van der Waals surface area contributed by atoms with Crippen LogP contribution < -0.4 is 0 Å². The fourth-order valence-corrected chi connectivity index (χ4v) is 1.10. The van der Waals surface area contributed by atoms with E-state index in [1.165, 1.54) is 0 Å². The molecule has 0 spiro atoms. The van der Waals surface area contributed by atoms with E-state index in [1.807, 2.05) is 25.8 Å². The van der Waals surface area contributed by atoms with Gasteiger partial charge in [0.1, 0.15) is 0 Å². The van der Waals surface area contributed by atoms with Gasteiger partial charge in [-0.05, 0) is 20.9 Å². The van der Waals surface area contributed by atoms with Gasteiger partial charge in [0.25, 0.3) is 0 Å². The highest BCUT2D eigenvalue weighted by Crippen LogP contribution is 2.11. The predicted molar refractivity (Wildman–Crippen MR) is 62.5 cm³/mol. The van der Waals surface area contributed by atoms with Gasteiger partial charge in [-0.15, -0.1) is 0 Å². The quantitative estimate of drug-likeness (QED) is 0.538. The van der Waals surface area contributed by atoms with E-state index in [2.05, 4.69) is 0 Å². The first-order chi connectivity index (χ1) is 7.44. The minimum absolute atomic E-state index is 0.0563. The topological polar surface area (TPSA) is 62.2 Å². The van der Waals surface area contributed by atoms with Crippen LogP contribution in [0.15, 0.2) is 0 Å². The second-order valence-electron chi connectivity index (χ2n) is 4.57. The van der Waals surface area contributed by atoms with Gasteiger partial charge in [0.15, 0.2) is 0 Å². The molecule has 1 atom stereocenters. The Hall–Kier alpha value is -0.200. The molecule has 0 aliphatic carbocycles. The first-order valence-corrected chi connectivity index (χ1v) is 5.51. The molecule has 0 radical (unpaired) electrons. The van der Waals surface area contributed by atoms with Crippen molar-refractivity contribution in [3.8, 4) is 0 Å². The standard InChI is InChI=1S/C11H25NO4/c1-11(2,9-13)12(3)7-10(14)8-16-6-5-15-4/h10,13-14H,5-9H2,1-4H3. The van der Waals surface area contributed by atoms with Crippen LogP contribution in [0.2, 0.25) is 0 Å². The Labute approximate surface area is 98.0 Å². The van der Waals surface area contributed by atoms with Crippen LogP contribution in [0, 0.1) is 0 Å². The van der Waals surface area contributed by atoms with Crippen LogP contribution in [-0.2, 0) is 9.47 Å². The molecule has 0 bridgehead atoms. The molecule has 16 heavy (non-hydrogen) atoms. The van der Waals surface area contributed by atoms with Crippen molar-refractivity contribution in [1.82, 2.24) is 4.90 Å². The summed E-state index contributed by atoms with van der Waals surface area (Å²) in [5.41, 5.74) is -0.326. The van der Waals surface area contributed by atoms with Gasteiger partial charge in [-0.2, -0.15) is 0 Å². The lowest BCUT2D eigenvalue weighted by Gasteiger charge is -2.35. The Morgan fingerprint density at radius 1 is 1.31 bits per heavy atom. The lowest BCUT2D eigenvalue weighted by Crippen LogP contribution is -2.48. The van der Waals surface area contributed by atoms with E-state index in [0.29, 0.717) is 19.8 Å². The van der Waals surface area contributed by atoms with Crippen LogP contribution in [0.4, 0.5) is 0 Å². The van der Waals surface area contributed by atoms with Gasteiger partial charge in [0.05, 0.1) is 32.5 Å². The summed E-state index contributed by atoms with van der Waals surface area (Å²) in [7, 11) is 3.48. The first-order valence-electron chi connectivity index (χ1n) is 5.51. The Balaban J connectivity index is 3.73. The number of hydrogen-bond donors (Lipinski definition) is 2. The molecule has 0 saturated carbocycles. The third-order valence-corrected chi connectivity index (χ3v) is 2.65. The van der Waals surface area contributed by atoms with E-state index < -0.39 is 6.10 Å². The van der Waals surface area contributed by atoms with Crippen molar-refractivity contribution in [2.45, 2.75) is 25.5 Å². The number of hydrogen-bond acceptors (Lipinski definition) is 5. The number of β-amino-alcohol motifs (C(OH)–C–C–N with tert-alkyl or cyclic N) is 1. The largest absolute Gasteiger partial charge is 0.394 e. The summed E-state index contributed by atoms with van der Waals surface area (Å²) >= 11 is 0. The van der Waals surface area contributed by atoms with Gasteiger partial charge < -0.3 is 19.7 Å². The SMILES string of the molecule is COCCOCC(O)CN(C)C(C)(C)CO. The van der Waals surface area contributed by atoms with Crippen molar-refractivity contribution in [2.75, 3.05) is 47.1 Å². The Morgan fingerprint density at radius 2 is 1.94 bits per heavy atom. The number of methoxy groups -OCH3 is 1. The van der Waals surface area contributed by atoms with Crippen molar-refractivity contribution >= 4 is 0 Å². The maximum atomic E-state index is 9.69. The maximum Gasteiger partial charge on any atom is 0.0900 e. The van der Waals surface area contributed by atoms with E-state index in [1.54, 1.807) is 7.11 Å². The monoisotopic (exact) mass is 235 g/mol. The number of nitrogens with zero attached hydrogens (tertiary/aromatic N) is 1. The maximum absolute atomic E-state index is 9.69. The highest BCUT2D eigenvalue weighted by atomic mass is 16.5. The van der Waals surface area contributed by atoms with E-state index in [9.17, 15) is 5.11 Å². The Kier molecular flexibility index (Phi) is 7.87. The van der Waals surface area contributed by atoms with E-state index in [0.717, 1.165) is 0 Å². The molecule has 0 amide bonds. The van der Waals surface area contributed by atoms with Gasteiger partial charge in [-0.1, -0.05) is 0 Å². The van der Waals surface area contributed by atoms with E-state index >= 15 is 0 Å². The number of aliphatic hydroxyl groups excluding tert-OH is 2. The van der Waals surface area contributed by atoms with Gasteiger partial charge >= 0.3 is 0 Å². The smallest absolute Gasteiger partial charge is 0.0900 e. The molecule has 5 heteroatoms. The van der Waals surface area contributed by atoms with Crippen molar-refractivity contribution in [1.29, 1.82) is 0 Å². The Bertz CT molecular complexity index is 175. The number of likely N-dealkylation sites (N-methyl/N-ethyl adjacent to an activating group) is 1. The Morgan fingerprint density at radius 3 is 2.44 bits per heavy atom. The first kappa shape index (κ1) is 15.8. The van der Waals surface area contributed by atoms with Crippen LogP contribution in [0.25, 0.3) is 0 Å². The van der Waals surface area contributed by atoms with Gasteiger partial charge in [-0.3, -0.25) is 4.90 Å². The normalized spacial score (nSPS) is 14.4. The second kappa shape index (κ2) is 7.97. The average Bonchev–Trinajstić information content (AvgIpc) is 2.24. The fraction of sp³-hybridized carbons (Fsp3) is 1.00. The van der Waals surface area contributed by atoms with Crippen molar-refractivity contribution in [3.05, 3.63) is 0 Å². The summed E-state index contributed by atoms with van der Waals surface area (Å²) in [6, 6.07) is 0. The lowest BCUT2D eigenvalue weighted by atomic mass is 10.0. The molecular formula is C11H25NO4. The zero-order chi connectivity index (χ0) is 12.6. The van der Waals surface area contributed by atoms with E-state index in [4.69, 9.17) is 14.6 Å². The lowest BCUT2D eigenvalue weighted by molar-refractivity contribution is -0.0179. The van der Waals surface area contributed by atoms with Crippen molar-refractivity contribution < 1.29 is 19.7 Å². The molecule has 1 unspecified atom stereocenters. The molecule has 0 rings (SSSR count). The second-order valence-corrected chi connectivity index (χ2v) is 4.57. The van der Waals surface area contributed by atoms with Crippen LogP contribution in [0.3, 0.4) is 0 Å². The van der Waals surface area contributed by atoms with Crippen LogP contribution in [0.5, 0.6) is 0 Å². The van der Waals surface area contributed by atoms with Gasteiger partial charge in [-0.25, -0.2) is 0 Å². The molecular weight excluding hydrogens is 210 g/mol. The highest BCUT2D eigenvalue weighted by molar-refractivity contribution is 4.79. The summed E-state index contributed by atoms with van der Waals surface area (Å²) in [5.74, 6) is 0. The zero-order valence-electron chi connectivity index (χ0n) is 10.8. The number of ether oxygens (including phenoxy) is 2. The summed E-state index contributed by atoms with van der Waals surface area (Å²) < 4.78 is 10.0. The molecule has 0 aromatic carbocycles. The zero-order valence-corrected chi connectivity index (χ0v) is 10.8. The van der Waals surface area contributed by atoms with Gasteiger partial charge in [0.2, 0.25) is 0 Å². The summed E-state index contributed by atoms with van der Waals surface area (Å²) in [4.78, 5) is 1.91. The molecule has 0 fully saturated rings. The molecule has 0 aromatic heterocycles. The van der Waals surface area contributed by atoms with Crippen LogP contribution in [0.1, 0.15) is 13.8 Å². The molecule has 0 heterocycles. The molecule has 98 valence electrons. The third-order valence-electron chi connectivity index (χ3n) is 2.65. The molecule has 0 saturated heterocycles. The minimum atomic E-state index is -0.548. The predicted octanol–water partition coefficient (Wildman–Crippen LogP) is -0.287. The van der Waals surface area contributed by atoms with E-state index in [-0.39, 0.29) is 18.8 Å². The average molecular weight is 235 g/mol. The molecule has 0 aliphatic heterocycles. The van der Waals surface area contributed by atoms with Crippen LogP contribution >= 0.6 is 0 Å². The highest BCUT2D eigenvalue weighted by Gasteiger charge is 2.24. The third kappa shape index (κ3) is 6.40. The molecule has 0 aromatic rings. The molecule has 0 aliphatic rings.